The Labute approximate surface area is 290 Å². The minimum Gasteiger partial charge on any atom is -0.503 e. The summed E-state index contributed by atoms with van der Waals surface area (Å²) in [5.41, 5.74) is 1.99. The summed E-state index contributed by atoms with van der Waals surface area (Å²) in [4.78, 5) is 110. The van der Waals surface area contributed by atoms with Gasteiger partial charge in [0.2, 0.25) is 22.8 Å². The number of imide groups is 1. The topological polar surface area (TPSA) is 342 Å². The molecule has 0 spiro atoms. The Kier molecular flexibility index (Phi) is 10.6. The highest BCUT2D eigenvalue weighted by molar-refractivity contribution is 7.88. The number of nitrogens with two attached hydrogens (primary N) is 1. The van der Waals surface area contributed by atoms with Gasteiger partial charge in [-0.25, -0.2) is 23.6 Å². The molecule has 2 aromatic heterocycles. The first-order chi connectivity index (χ1) is 23.7. The number of carbonyl (C=O) groups is 7. The second kappa shape index (κ2) is 14.4. The lowest BCUT2D eigenvalue weighted by Crippen LogP contribution is -2.73. The number of thiazole rings is 1. The number of carbonyl (C=O) groups excluding carboxylic acids is 6. The summed E-state index contributed by atoms with van der Waals surface area (Å²) in [6, 6.07) is -4.25. The van der Waals surface area contributed by atoms with E-state index in [-0.39, 0.29) is 20.8 Å². The number of aromatic nitrogens is 2. The SMILES string of the molecule is C[C@H]1[C@H](NC(=O)/C(=N\OC(C)(C)C(=O)O)c2csc(N)n2)C(=O)N1C(=O)NS(=O)(=O)N1C[C@@H](NC(=O)CNC(=O)c2cc(=O)c(O)c[nH]2)CC1=O. The average Bonchev–Trinajstić information content (AvgIpc) is 3.64. The highest BCUT2D eigenvalue weighted by Crippen LogP contribution is 2.22. The fourth-order valence-corrected chi connectivity index (χ4v) is 6.15. The fourth-order valence-electron chi connectivity index (χ4n) is 4.45. The molecule has 0 radical (unpaired) electrons. The van der Waals surface area contributed by atoms with Crippen molar-refractivity contribution in [1.29, 1.82) is 0 Å². The molecule has 0 aromatic carbocycles. The predicted molar refractivity (Wildman–Crippen MR) is 171 cm³/mol. The van der Waals surface area contributed by atoms with Crippen molar-refractivity contribution < 1.29 is 57.0 Å². The maximum absolute atomic E-state index is 13.1. The molecule has 3 atom stereocenters. The van der Waals surface area contributed by atoms with Gasteiger partial charge >= 0.3 is 22.2 Å². The number of likely N-dealkylation sites (tertiary alicyclic amines) is 1. The van der Waals surface area contributed by atoms with Crippen LogP contribution in [-0.4, -0.2) is 122 Å². The number of oxime groups is 1. The lowest BCUT2D eigenvalue weighted by atomic mass is 9.97. The van der Waals surface area contributed by atoms with E-state index in [4.69, 9.17) is 10.6 Å². The summed E-state index contributed by atoms with van der Waals surface area (Å²) in [5.74, 6) is -6.87. The van der Waals surface area contributed by atoms with Crippen LogP contribution < -0.4 is 31.8 Å². The van der Waals surface area contributed by atoms with E-state index >= 15 is 0 Å². The molecule has 2 aliphatic rings. The summed E-state index contributed by atoms with van der Waals surface area (Å²) in [6.07, 6.45) is 0.372. The lowest BCUT2D eigenvalue weighted by Gasteiger charge is -2.43. The smallest absolute Gasteiger partial charge is 0.350 e. The molecule has 2 saturated heterocycles. The van der Waals surface area contributed by atoms with E-state index in [1.807, 2.05) is 0 Å². The number of aromatic amines is 1. The molecule has 2 fully saturated rings. The van der Waals surface area contributed by atoms with E-state index in [2.05, 4.69) is 31.1 Å². The lowest BCUT2D eigenvalue weighted by molar-refractivity contribution is -0.161. The van der Waals surface area contributed by atoms with E-state index in [9.17, 15) is 57.0 Å². The largest absolute Gasteiger partial charge is 0.503 e. The normalized spacial score (nSPS) is 19.2. The Morgan fingerprint density at radius 1 is 1.20 bits per heavy atom. The molecule has 51 heavy (non-hydrogen) atoms. The summed E-state index contributed by atoms with van der Waals surface area (Å²) in [6.45, 7) is 2.37. The Morgan fingerprint density at radius 3 is 2.47 bits per heavy atom. The predicted octanol–water partition coefficient (Wildman–Crippen LogP) is -3.48. The minimum atomic E-state index is -4.91. The number of hydrogen-bond donors (Lipinski definition) is 8. The van der Waals surface area contributed by atoms with Crippen molar-refractivity contribution in [3.63, 3.8) is 0 Å². The molecule has 0 unspecified atom stereocenters. The van der Waals surface area contributed by atoms with Gasteiger partial charge in [-0.1, -0.05) is 5.16 Å². The molecular weight excluding hydrogens is 724 g/mol. The first-order valence-electron chi connectivity index (χ1n) is 14.4. The van der Waals surface area contributed by atoms with E-state index < -0.39 is 112 Å². The zero-order chi connectivity index (χ0) is 38.0. The van der Waals surface area contributed by atoms with Crippen molar-refractivity contribution in [2.24, 2.45) is 5.16 Å². The summed E-state index contributed by atoms with van der Waals surface area (Å²) < 4.78 is 27.7. The van der Waals surface area contributed by atoms with E-state index in [0.717, 1.165) is 37.4 Å². The number of rotatable bonds is 12. The highest BCUT2D eigenvalue weighted by atomic mass is 32.2. The van der Waals surface area contributed by atoms with E-state index in [0.29, 0.717) is 4.90 Å². The number of urea groups is 1. The van der Waals surface area contributed by atoms with Gasteiger partial charge < -0.3 is 41.7 Å². The second-order valence-electron chi connectivity index (χ2n) is 11.4. The highest BCUT2D eigenvalue weighted by Gasteiger charge is 2.51. The number of nitrogens with zero attached hydrogens (tertiary/aromatic N) is 4. The van der Waals surface area contributed by atoms with Crippen LogP contribution in [0.15, 0.2) is 27.6 Å². The van der Waals surface area contributed by atoms with Crippen molar-refractivity contribution in [1.82, 2.24) is 39.8 Å². The molecule has 4 heterocycles. The van der Waals surface area contributed by atoms with Gasteiger partial charge in [0.15, 0.2) is 16.6 Å². The van der Waals surface area contributed by atoms with Crippen LogP contribution in [0.3, 0.4) is 0 Å². The Hall–Kier alpha value is -6.11. The Morgan fingerprint density at radius 2 is 1.88 bits per heavy atom. The van der Waals surface area contributed by atoms with Crippen LogP contribution in [-0.2, 0) is 39.0 Å². The van der Waals surface area contributed by atoms with Crippen molar-refractivity contribution in [3.05, 3.63) is 39.3 Å². The summed E-state index contributed by atoms with van der Waals surface area (Å²) in [5, 5.41) is 30.3. The van der Waals surface area contributed by atoms with Gasteiger partial charge in [0.1, 0.15) is 17.4 Å². The Balaban J connectivity index is 1.32. The van der Waals surface area contributed by atoms with Crippen molar-refractivity contribution in [3.8, 4) is 5.75 Å². The fraction of sp³-hybridized carbons (Fsp3) is 0.385. The van der Waals surface area contributed by atoms with E-state index in [1.54, 1.807) is 4.72 Å². The minimum absolute atomic E-state index is 0.0281. The van der Waals surface area contributed by atoms with Crippen molar-refractivity contribution in [2.75, 3.05) is 18.8 Å². The standard InChI is InChI=1S/C26H30N10O13S2/c1-10-18(32-21(42)19(13-9-50-24(27)31-13)33-49-26(2,3)23(44)45)22(43)36(10)25(46)34-51(47,48)35-8-11(4-17(35)40)30-16(39)7-29-20(41)12-5-14(37)15(38)6-28-12/h5-6,9-11,18,38H,4,7-8H2,1-3H3,(H2,27,31)(H,28,37)(H,29,41)(H,30,39)(H,32,42)(H,34,46)(H,44,45)/b33-19-/t10-,11-,18-/m0/s1. The van der Waals surface area contributed by atoms with Gasteiger partial charge in [-0.2, -0.15) is 8.42 Å². The molecule has 9 N–H and O–H groups in total. The van der Waals surface area contributed by atoms with Crippen LogP contribution in [0.5, 0.6) is 5.75 Å². The number of anilines is 1. The number of β-lactam (4-membered cyclic amide) rings is 1. The average molecular weight is 755 g/mol. The van der Waals surface area contributed by atoms with Crippen LogP contribution in [0.4, 0.5) is 9.93 Å². The number of H-pyrrole nitrogens is 1. The van der Waals surface area contributed by atoms with Gasteiger partial charge in [0.25, 0.3) is 17.7 Å². The number of carboxylic acid groups (broad SMARTS) is 1. The number of amides is 7. The number of aliphatic carboxylic acids is 1. The zero-order valence-electron chi connectivity index (χ0n) is 26.7. The maximum atomic E-state index is 13.1. The number of hydrogen-bond acceptors (Lipinski definition) is 16. The molecule has 2 aromatic rings. The molecule has 23 nitrogen and oxygen atoms in total. The number of nitrogen functional groups attached to an aromatic ring is 1. The second-order valence-corrected chi connectivity index (χ2v) is 13.9. The molecule has 4 rings (SSSR count). The van der Waals surface area contributed by atoms with Crippen LogP contribution in [0, 0.1) is 0 Å². The number of nitrogens with one attached hydrogen (secondary N) is 5. The molecule has 2 aliphatic heterocycles. The quantitative estimate of drug-likeness (QED) is 0.0593. The third-order valence-electron chi connectivity index (χ3n) is 7.26. The third-order valence-corrected chi connectivity index (χ3v) is 9.30. The van der Waals surface area contributed by atoms with Gasteiger partial charge in [0, 0.05) is 24.1 Å². The third kappa shape index (κ3) is 8.38. The van der Waals surface area contributed by atoms with Crippen molar-refractivity contribution in [2.45, 2.75) is 50.9 Å². The van der Waals surface area contributed by atoms with Gasteiger partial charge in [-0.05, 0) is 20.8 Å². The molecule has 274 valence electrons. The number of aromatic hydroxyl groups is 1. The first-order valence-corrected chi connectivity index (χ1v) is 16.7. The van der Waals surface area contributed by atoms with Crippen LogP contribution in [0.2, 0.25) is 0 Å². The number of pyridine rings is 1. The maximum Gasteiger partial charge on any atom is 0.350 e. The zero-order valence-corrected chi connectivity index (χ0v) is 28.3. The molecule has 0 aliphatic carbocycles. The Bertz CT molecular complexity index is 2010. The summed E-state index contributed by atoms with van der Waals surface area (Å²) >= 11 is 0.925. The molecule has 7 amide bonds. The summed E-state index contributed by atoms with van der Waals surface area (Å²) in [7, 11) is -4.91. The van der Waals surface area contributed by atoms with Gasteiger partial charge in [-0.3, -0.25) is 33.7 Å². The van der Waals surface area contributed by atoms with Crippen LogP contribution in [0.25, 0.3) is 0 Å². The van der Waals surface area contributed by atoms with Crippen LogP contribution in [0.1, 0.15) is 43.4 Å². The monoisotopic (exact) mass is 754 g/mol. The van der Waals surface area contributed by atoms with Gasteiger partial charge in [-0.15, -0.1) is 11.3 Å². The molecule has 0 bridgehead atoms. The number of carboxylic acids is 1. The molecule has 0 saturated carbocycles. The first kappa shape index (κ1) is 37.7. The van der Waals surface area contributed by atoms with Crippen LogP contribution >= 0.6 is 11.3 Å². The van der Waals surface area contributed by atoms with Crippen molar-refractivity contribution >= 4 is 73.9 Å². The molecular formula is C26H30N10O13S2. The molecule has 25 heteroatoms. The van der Waals surface area contributed by atoms with Gasteiger partial charge in [0.05, 0.1) is 25.2 Å². The van der Waals surface area contributed by atoms with E-state index in [1.165, 1.54) is 12.3 Å².